The van der Waals surface area contributed by atoms with Gasteiger partial charge in [0.05, 0.1) is 12.2 Å². The first-order valence-corrected chi connectivity index (χ1v) is 8.07. The third kappa shape index (κ3) is 3.11. The molecule has 0 saturated heterocycles. The zero-order chi connectivity index (χ0) is 15.7. The van der Waals surface area contributed by atoms with Crippen LogP contribution in [-0.2, 0) is 6.54 Å². The Hall–Kier alpha value is -1.58. The van der Waals surface area contributed by atoms with Gasteiger partial charge in [-0.05, 0) is 36.2 Å². The third-order valence-electron chi connectivity index (χ3n) is 3.87. The lowest BCUT2D eigenvalue weighted by Gasteiger charge is -2.36. The Labute approximate surface area is 140 Å². The van der Waals surface area contributed by atoms with Gasteiger partial charge >= 0.3 is 0 Å². The Bertz CT molecular complexity index is 690. The van der Waals surface area contributed by atoms with Gasteiger partial charge in [-0.25, -0.2) is 0 Å². The lowest BCUT2D eigenvalue weighted by molar-refractivity contribution is 0.189. The molecule has 3 nitrogen and oxygen atoms in total. The van der Waals surface area contributed by atoms with E-state index < -0.39 is 0 Å². The summed E-state index contributed by atoms with van der Waals surface area (Å²) >= 11 is 12.3. The van der Waals surface area contributed by atoms with Crippen molar-refractivity contribution in [3.63, 3.8) is 0 Å². The maximum Gasteiger partial charge on any atom is 0.145 e. The molecule has 1 aliphatic heterocycles. The van der Waals surface area contributed by atoms with Crippen LogP contribution in [0.4, 0.5) is 11.4 Å². The Balaban J connectivity index is 1.92. The van der Waals surface area contributed by atoms with Gasteiger partial charge in [-0.15, -0.1) is 0 Å². The molecule has 116 valence electrons. The number of hydrogen-bond acceptors (Lipinski definition) is 3. The van der Waals surface area contributed by atoms with Crippen molar-refractivity contribution in [3.05, 3.63) is 52.0 Å². The fourth-order valence-corrected chi connectivity index (χ4v) is 3.13. The van der Waals surface area contributed by atoms with E-state index in [2.05, 4.69) is 11.8 Å². The molecule has 0 radical (unpaired) electrons. The molecule has 0 amide bonds. The van der Waals surface area contributed by atoms with Gasteiger partial charge in [-0.3, -0.25) is 0 Å². The van der Waals surface area contributed by atoms with E-state index in [0.29, 0.717) is 22.3 Å². The standard InChI is InChI=1S/C17H18Cl2N2O/c1-2-14-10-21(9-11-3-4-12(18)7-15(11)19)16-6-5-13(20)8-17(16)22-14/h3-8,14H,2,9-10,20H2,1H3. The van der Waals surface area contributed by atoms with Crippen molar-refractivity contribution in [2.45, 2.75) is 26.0 Å². The summed E-state index contributed by atoms with van der Waals surface area (Å²) in [5.41, 5.74) is 8.67. The van der Waals surface area contributed by atoms with Crippen molar-refractivity contribution in [1.82, 2.24) is 0 Å². The van der Waals surface area contributed by atoms with Gasteiger partial charge in [-0.1, -0.05) is 36.2 Å². The second kappa shape index (κ2) is 6.27. The van der Waals surface area contributed by atoms with E-state index >= 15 is 0 Å². The van der Waals surface area contributed by atoms with E-state index in [1.807, 2.05) is 30.3 Å². The highest BCUT2D eigenvalue weighted by Gasteiger charge is 2.25. The highest BCUT2D eigenvalue weighted by atomic mass is 35.5. The number of nitrogens with two attached hydrogens (primary N) is 1. The summed E-state index contributed by atoms with van der Waals surface area (Å²) in [6.45, 7) is 3.66. The number of hydrogen-bond donors (Lipinski definition) is 1. The second-order valence-electron chi connectivity index (χ2n) is 5.49. The number of benzene rings is 2. The minimum atomic E-state index is 0.153. The van der Waals surface area contributed by atoms with Crippen LogP contribution >= 0.6 is 23.2 Å². The van der Waals surface area contributed by atoms with Crippen LogP contribution in [-0.4, -0.2) is 12.6 Å². The average molecular weight is 337 g/mol. The van der Waals surface area contributed by atoms with Gasteiger partial charge in [-0.2, -0.15) is 0 Å². The number of ether oxygens (including phenoxy) is 1. The minimum absolute atomic E-state index is 0.153. The predicted octanol–water partition coefficient (Wildman–Crippen LogP) is 4.75. The lowest BCUT2D eigenvalue weighted by atomic mass is 10.1. The SMILES string of the molecule is CCC1CN(Cc2ccc(Cl)cc2Cl)c2ccc(N)cc2O1. The number of fused-ring (bicyclic) bond motifs is 1. The van der Waals surface area contributed by atoms with Crippen molar-refractivity contribution in [1.29, 1.82) is 0 Å². The van der Waals surface area contributed by atoms with E-state index in [-0.39, 0.29) is 6.10 Å². The first kappa shape index (κ1) is 15.3. The van der Waals surface area contributed by atoms with Crippen molar-refractivity contribution < 1.29 is 4.74 Å². The molecule has 0 fully saturated rings. The lowest BCUT2D eigenvalue weighted by Crippen LogP contribution is -2.39. The molecule has 2 aromatic rings. The number of halogens is 2. The largest absolute Gasteiger partial charge is 0.486 e. The Morgan fingerprint density at radius 1 is 1.23 bits per heavy atom. The van der Waals surface area contributed by atoms with E-state index in [9.17, 15) is 0 Å². The molecule has 0 spiro atoms. The van der Waals surface area contributed by atoms with Gasteiger partial charge in [0.25, 0.3) is 0 Å². The van der Waals surface area contributed by atoms with Gasteiger partial charge in [0.2, 0.25) is 0 Å². The van der Waals surface area contributed by atoms with E-state index in [4.69, 9.17) is 33.7 Å². The molecule has 0 aliphatic carbocycles. The monoisotopic (exact) mass is 336 g/mol. The normalized spacial score (nSPS) is 17.0. The molecule has 0 bridgehead atoms. The number of nitrogen functional groups attached to an aromatic ring is 1. The van der Waals surface area contributed by atoms with Crippen LogP contribution in [0.1, 0.15) is 18.9 Å². The maximum absolute atomic E-state index is 6.31. The summed E-state index contributed by atoms with van der Waals surface area (Å²) in [4.78, 5) is 2.28. The second-order valence-corrected chi connectivity index (χ2v) is 6.34. The summed E-state index contributed by atoms with van der Waals surface area (Å²) in [6, 6.07) is 11.4. The zero-order valence-corrected chi connectivity index (χ0v) is 13.9. The number of nitrogens with zero attached hydrogens (tertiary/aromatic N) is 1. The number of anilines is 2. The van der Waals surface area contributed by atoms with Gasteiger partial charge < -0.3 is 15.4 Å². The summed E-state index contributed by atoms with van der Waals surface area (Å²) in [5.74, 6) is 0.836. The van der Waals surface area contributed by atoms with Crippen molar-refractivity contribution in [3.8, 4) is 5.75 Å². The van der Waals surface area contributed by atoms with Crippen LogP contribution in [0.2, 0.25) is 10.0 Å². The molecule has 2 aromatic carbocycles. The Morgan fingerprint density at radius 3 is 2.77 bits per heavy atom. The molecule has 22 heavy (non-hydrogen) atoms. The van der Waals surface area contributed by atoms with E-state index in [1.165, 1.54) is 0 Å². The summed E-state index contributed by atoms with van der Waals surface area (Å²) in [6.07, 6.45) is 1.10. The quantitative estimate of drug-likeness (QED) is 0.821. The summed E-state index contributed by atoms with van der Waals surface area (Å²) in [5, 5.41) is 1.33. The molecular weight excluding hydrogens is 319 g/mol. The molecule has 1 aliphatic rings. The van der Waals surface area contributed by atoms with Gasteiger partial charge in [0.15, 0.2) is 0 Å². The average Bonchev–Trinajstić information content (AvgIpc) is 2.49. The van der Waals surface area contributed by atoms with E-state index in [1.54, 1.807) is 6.07 Å². The molecule has 2 N–H and O–H groups in total. The first-order chi connectivity index (χ1) is 10.6. The highest BCUT2D eigenvalue weighted by Crippen LogP contribution is 2.37. The molecule has 5 heteroatoms. The molecule has 0 aromatic heterocycles. The highest BCUT2D eigenvalue weighted by molar-refractivity contribution is 6.35. The van der Waals surface area contributed by atoms with Crippen LogP contribution < -0.4 is 15.4 Å². The molecule has 3 rings (SSSR count). The fraction of sp³-hybridized carbons (Fsp3) is 0.294. The van der Waals surface area contributed by atoms with Crippen LogP contribution in [0.15, 0.2) is 36.4 Å². The van der Waals surface area contributed by atoms with Crippen LogP contribution in [0.3, 0.4) is 0 Å². The van der Waals surface area contributed by atoms with Crippen LogP contribution in [0.25, 0.3) is 0 Å². The topological polar surface area (TPSA) is 38.5 Å². The number of rotatable bonds is 3. The smallest absolute Gasteiger partial charge is 0.145 e. The maximum atomic E-state index is 6.31. The molecular formula is C17H18Cl2N2O. The molecule has 1 unspecified atom stereocenters. The molecule has 1 atom stereocenters. The van der Waals surface area contributed by atoms with Gasteiger partial charge in [0, 0.05) is 28.3 Å². The Kier molecular flexibility index (Phi) is 4.37. The van der Waals surface area contributed by atoms with Crippen molar-refractivity contribution in [2.24, 2.45) is 0 Å². The van der Waals surface area contributed by atoms with Crippen LogP contribution in [0.5, 0.6) is 5.75 Å². The van der Waals surface area contributed by atoms with E-state index in [0.717, 1.165) is 30.0 Å². The third-order valence-corrected chi connectivity index (χ3v) is 4.46. The Morgan fingerprint density at radius 2 is 2.05 bits per heavy atom. The van der Waals surface area contributed by atoms with Gasteiger partial charge in [0.1, 0.15) is 11.9 Å². The zero-order valence-electron chi connectivity index (χ0n) is 12.4. The fourth-order valence-electron chi connectivity index (χ4n) is 2.67. The van der Waals surface area contributed by atoms with Crippen molar-refractivity contribution >= 4 is 34.6 Å². The summed E-state index contributed by atoms with van der Waals surface area (Å²) < 4.78 is 6.00. The molecule has 1 heterocycles. The minimum Gasteiger partial charge on any atom is -0.486 e. The van der Waals surface area contributed by atoms with Crippen LogP contribution in [0, 0.1) is 0 Å². The molecule has 0 saturated carbocycles. The predicted molar refractivity (Wildman–Crippen MR) is 93.1 cm³/mol. The van der Waals surface area contributed by atoms with Crippen molar-refractivity contribution in [2.75, 3.05) is 17.2 Å². The summed E-state index contributed by atoms with van der Waals surface area (Å²) in [7, 11) is 0. The first-order valence-electron chi connectivity index (χ1n) is 7.32.